The number of carbonyl (C=O) groups excluding carboxylic acids is 1. The van der Waals surface area contributed by atoms with Crippen molar-refractivity contribution < 1.29 is 19.2 Å². The van der Waals surface area contributed by atoms with Crippen molar-refractivity contribution in [2.45, 2.75) is 6.92 Å². The van der Waals surface area contributed by atoms with Gasteiger partial charge in [0.2, 0.25) is 6.79 Å². The predicted molar refractivity (Wildman–Crippen MR) is 85.5 cm³/mol. The van der Waals surface area contributed by atoms with Crippen molar-refractivity contribution in [2.75, 3.05) is 6.79 Å². The molecule has 0 bridgehead atoms. The number of ether oxygens (including phenoxy) is 2. The first-order valence-corrected chi connectivity index (χ1v) is 7.03. The maximum atomic E-state index is 12.0. The number of nitrogens with zero attached hydrogens (tertiary/aromatic N) is 2. The number of hydrogen-bond acceptors (Lipinski definition) is 6. The molecule has 2 aromatic carbocycles. The summed E-state index contributed by atoms with van der Waals surface area (Å²) in [5, 5.41) is 14.7. The van der Waals surface area contributed by atoms with Crippen molar-refractivity contribution in [1.29, 1.82) is 0 Å². The van der Waals surface area contributed by atoms with E-state index in [-0.39, 0.29) is 12.5 Å². The topological polar surface area (TPSA) is 103 Å². The van der Waals surface area contributed by atoms with E-state index in [0.717, 1.165) is 0 Å². The van der Waals surface area contributed by atoms with Crippen LogP contribution in [0.25, 0.3) is 0 Å². The smallest absolute Gasteiger partial charge is 0.272 e. The van der Waals surface area contributed by atoms with Crippen molar-refractivity contribution in [3.05, 3.63) is 63.2 Å². The van der Waals surface area contributed by atoms with Gasteiger partial charge in [-0.05, 0) is 25.1 Å². The van der Waals surface area contributed by atoms with Gasteiger partial charge in [0.1, 0.15) is 0 Å². The molecule has 24 heavy (non-hydrogen) atoms. The standard InChI is InChI=1S/C16H13N3O5/c1-10-2-3-11(6-13(10)19(21)22)8-17-18-16(20)12-4-5-14-15(7-12)24-9-23-14/h2-8H,9H2,1H3,(H,18,20). The number of nitro benzene ring substituents is 1. The Balaban J connectivity index is 1.69. The first kappa shape index (κ1) is 15.5. The van der Waals surface area contributed by atoms with E-state index in [4.69, 9.17) is 9.47 Å². The number of hydrazone groups is 1. The Morgan fingerprint density at radius 2 is 2.04 bits per heavy atom. The highest BCUT2D eigenvalue weighted by atomic mass is 16.7. The van der Waals surface area contributed by atoms with Crippen LogP contribution in [0, 0.1) is 17.0 Å². The second-order valence-electron chi connectivity index (χ2n) is 5.07. The van der Waals surface area contributed by atoms with E-state index in [9.17, 15) is 14.9 Å². The summed E-state index contributed by atoms with van der Waals surface area (Å²) >= 11 is 0. The van der Waals surface area contributed by atoms with Crippen molar-refractivity contribution in [2.24, 2.45) is 5.10 Å². The minimum atomic E-state index is -0.460. The van der Waals surface area contributed by atoms with Crippen LogP contribution in [0.15, 0.2) is 41.5 Å². The Morgan fingerprint density at radius 3 is 2.83 bits per heavy atom. The van der Waals surface area contributed by atoms with Crippen LogP contribution >= 0.6 is 0 Å². The van der Waals surface area contributed by atoms with Gasteiger partial charge in [0.25, 0.3) is 11.6 Å². The summed E-state index contributed by atoms with van der Waals surface area (Å²) in [5.41, 5.74) is 3.80. The molecule has 0 aromatic heterocycles. The molecular weight excluding hydrogens is 314 g/mol. The molecule has 8 nitrogen and oxygen atoms in total. The van der Waals surface area contributed by atoms with Gasteiger partial charge < -0.3 is 9.47 Å². The number of hydrogen-bond donors (Lipinski definition) is 1. The third kappa shape index (κ3) is 3.17. The molecule has 122 valence electrons. The molecule has 3 rings (SSSR count). The van der Waals surface area contributed by atoms with E-state index in [1.807, 2.05) is 0 Å². The Morgan fingerprint density at radius 1 is 1.25 bits per heavy atom. The van der Waals surface area contributed by atoms with Crippen LogP contribution in [-0.2, 0) is 0 Å². The largest absolute Gasteiger partial charge is 0.454 e. The Hall–Kier alpha value is -3.42. The van der Waals surface area contributed by atoms with Crippen LogP contribution in [0.2, 0.25) is 0 Å². The molecule has 0 aliphatic carbocycles. The monoisotopic (exact) mass is 327 g/mol. The van der Waals surface area contributed by atoms with E-state index in [0.29, 0.717) is 28.2 Å². The SMILES string of the molecule is Cc1ccc(C=NNC(=O)c2ccc3c(c2)OCO3)cc1[N+](=O)[O-]. The fraction of sp³-hybridized carbons (Fsp3) is 0.125. The van der Waals surface area contributed by atoms with Crippen molar-refractivity contribution in [3.8, 4) is 11.5 Å². The molecule has 1 N–H and O–H groups in total. The zero-order valence-electron chi connectivity index (χ0n) is 12.7. The zero-order valence-corrected chi connectivity index (χ0v) is 12.7. The first-order valence-electron chi connectivity index (χ1n) is 7.03. The number of aryl methyl sites for hydroxylation is 1. The average molecular weight is 327 g/mol. The van der Waals surface area contributed by atoms with Crippen LogP contribution < -0.4 is 14.9 Å². The summed E-state index contributed by atoms with van der Waals surface area (Å²) in [5.74, 6) is 0.661. The van der Waals surface area contributed by atoms with Crippen LogP contribution in [0.1, 0.15) is 21.5 Å². The maximum absolute atomic E-state index is 12.0. The number of rotatable bonds is 4. The van der Waals surface area contributed by atoms with Crippen molar-refractivity contribution in [1.82, 2.24) is 5.43 Å². The summed E-state index contributed by atoms with van der Waals surface area (Å²) in [6.07, 6.45) is 1.34. The summed E-state index contributed by atoms with van der Waals surface area (Å²) in [7, 11) is 0. The van der Waals surface area contributed by atoms with Gasteiger partial charge in [-0.2, -0.15) is 5.10 Å². The van der Waals surface area contributed by atoms with Crippen LogP contribution in [-0.4, -0.2) is 23.8 Å². The minimum Gasteiger partial charge on any atom is -0.454 e. The third-order valence-corrected chi connectivity index (χ3v) is 3.44. The Bertz CT molecular complexity index is 848. The lowest BCUT2D eigenvalue weighted by molar-refractivity contribution is -0.385. The molecule has 0 atom stereocenters. The predicted octanol–water partition coefficient (Wildman–Crippen LogP) is 2.40. The lowest BCUT2D eigenvalue weighted by Gasteiger charge is -2.02. The maximum Gasteiger partial charge on any atom is 0.272 e. The molecule has 1 aliphatic heterocycles. The third-order valence-electron chi connectivity index (χ3n) is 3.44. The quantitative estimate of drug-likeness (QED) is 0.527. The van der Waals surface area contributed by atoms with Gasteiger partial charge in [-0.3, -0.25) is 14.9 Å². The molecule has 1 heterocycles. The van der Waals surface area contributed by atoms with Crippen molar-refractivity contribution in [3.63, 3.8) is 0 Å². The fourth-order valence-corrected chi connectivity index (χ4v) is 2.17. The molecule has 0 spiro atoms. The van der Waals surface area contributed by atoms with Gasteiger partial charge >= 0.3 is 0 Å². The van der Waals surface area contributed by atoms with Crippen LogP contribution in [0.4, 0.5) is 5.69 Å². The van der Waals surface area contributed by atoms with E-state index in [1.165, 1.54) is 12.3 Å². The molecule has 1 amide bonds. The summed E-state index contributed by atoms with van der Waals surface area (Å²) in [6, 6.07) is 9.49. The molecule has 0 fully saturated rings. The summed E-state index contributed by atoms with van der Waals surface area (Å²) < 4.78 is 10.4. The van der Waals surface area contributed by atoms with Crippen molar-refractivity contribution >= 4 is 17.8 Å². The van der Waals surface area contributed by atoms with E-state index < -0.39 is 10.8 Å². The second kappa shape index (κ2) is 6.37. The van der Waals surface area contributed by atoms with Gasteiger partial charge in [-0.1, -0.05) is 12.1 Å². The molecule has 8 heteroatoms. The van der Waals surface area contributed by atoms with E-state index in [2.05, 4.69) is 10.5 Å². The van der Waals surface area contributed by atoms with Crippen LogP contribution in [0.3, 0.4) is 0 Å². The fourth-order valence-electron chi connectivity index (χ4n) is 2.17. The molecule has 0 radical (unpaired) electrons. The van der Waals surface area contributed by atoms with Gasteiger partial charge in [-0.15, -0.1) is 0 Å². The zero-order chi connectivity index (χ0) is 17.1. The van der Waals surface area contributed by atoms with Crippen LogP contribution in [0.5, 0.6) is 11.5 Å². The van der Waals surface area contributed by atoms with E-state index in [1.54, 1.807) is 37.3 Å². The molecule has 0 unspecified atom stereocenters. The van der Waals surface area contributed by atoms with E-state index >= 15 is 0 Å². The first-order chi connectivity index (χ1) is 11.5. The number of fused-ring (bicyclic) bond motifs is 1. The Kier molecular flexibility index (Phi) is 4.11. The second-order valence-corrected chi connectivity index (χ2v) is 5.07. The van der Waals surface area contributed by atoms with Gasteiger partial charge in [-0.25, -0.2) is 5.43 Å². The minimum absolute atomic E-state index is 0.000970. The Labute approximate surface area is 136 Å². The molecule has 1 aliphatic rings. The number of carbonyl (C=O) groups is 1. The average Bonchev–Trinajstić information content (AvgIpc) is 3.03. The highest BCUT2D eigenvalue weighted by Crippen LogP contribution is 2.32. The molecule has 0 saturated heterocycles. The normalized spacial score (nSPS) is 12.4. The molecular formula is C16H13N3O5. The van der Waals surface area contributed by atoms with Gasteiger partial charge in [0.15, 0.2) is 11.5 Å². The number of nitrogens with one attached hydrogen (secondary N) is 1. The van der Waals surface area contributed by atoms with Gasteiger partial charge in [0, 0.05) is 22.8 Å². The molecule has 2 aromatic rings. The number of nitro groups is 1. The molecule has 0 saturated carbocycles. The highest BCUT2D eigenvalue weighted by molar-refractivity contribution is 5.95. The summed E-state index contributed by atoms with van der Waals surface area (Å²) in [4.78, 5) is 22.5. The lowest BCUT2D eigenvalue weighted by atomic mass is 10.1. The van der Waals surface area contributed by atoms with Gasteiger partial charge in [0.05, 0.1) is 11.1 Å². The number of benzene rings is 2. The highest BCUT2D eigenvalue weighted by Gasteiger charge is 2.16. The number of amides is 1. The summed E-state index contributed by atoms with van der Waals surface area (Å²) in [6.45, 7) is 1.78. The lowest BCUT2D eigenvalue weighted by Crippen LogP contribution is -2.17.